The Hall–Kier alpha value is -1.74. The molecular formula is C21H26ClFO2. The Labute approximate surface area is 154 Å². The van der Waals surface area contributed by atoms with E-state index in [1.165, 1.54) is 12.1 Å². The van der Waals surface area contributed by atoms with Gasteiger partial charge in [0.05, 0.1) is 13.2 Å². The standard InChI is InChI=1S/C21H26ClFO2/c1-14(2)12-24-20-8-5-16(10-21(20)25-13-15(3)4)19-7-6-18(23)9-17(19)11-22/h5-10,14-15H,11-13H2,1-4H3. The predicted molar refractivity (Wildman–Crippen MR) is 102 cm³/mol. The summed E-state index contributed by atoms with van der Waals surface area (Å²) in [6.45, 7) is 9.64. The van der Waals surface area contributed by atoms with Gasteiger partial charge in [0.1, 0.15) is 5.82 Å². The third-order valence-corrected chi connectivity index (χ3v) is 3.90. The van der Waals surface area contributed by atoms with E-state index >= 15 is 0 Å². The van der Waals surface area contributed by atoms with Crippen LogP contribution in [0.1, 0.15) is 33.3 Å². The van der Waals surface area contributed by atoms with Crippen LogP contribution >= 0.6 is 11.6 Å². The second kappa shape index (κ2) is 9.10. The van der Waals surface area contributed by atoms with Gasteiger partial charge in [-0.2, -0.15) is 0 Å². The maximum absolute atomic E-state index is 13.5. The lowest BCUT2D eigenvalue weighted by Crippen LogP contribution is -2.09. The Morgan fingerprint density at radius 3 is 2.12 bits per heavy atom. The highest BCUT2D eigenvalue weighted by Gasteiger charge is 2.12. The molecule has 0 saturated carbocycles. The normalized spacial score (nSPS) is 11.2. The molecule has 2 rings (SSSR count). The molecule has 0 spiro atoms. The van der Waals surface area contributed by atoms with E-state index in [4.69, 9.17) is 21.1 Å². The van der Waals surface area contributed by atoms with Crippen LogP contribution < -0.4 is 9.47 Å². The first-order chi connectivity index (χ1) is 11.9. The Morgan fingerprint density at radius 1 is 0.880 bits per heavy atom. The number of hydrogen-bond donors (Lipinski definition) is 0. The SMILES string of the molecule is CC(C)COc1ccc(-c2ccc(F)cc2CCl)cc1OCC(C)C. The second-order valence-electron chi connectivity index (χ2n) is 7.01. The van der Waals surface area contributed by atoms with Crippen LogP contribution in [0.2, 0.25) is 0 Å². The summed E-state index contributed by atoms with van der Waals surface area (Å²) in [6.07, 6.45) is 0. The number of halogens is 2. The molecule has 0 aliphatic rings. The lowest BCUT2D eigenvalue weighted by Gasteiger charge is -2.17. The number of ether oxygens (including phenoxy) is 2. The molecular weight excluding hydrogens is 339 g/mol. The van der Waals surface area contributed by atoms with Gasteiger partial charge in [0.15, 0.2) is 11.5 Å². The lowest BCUT2D eigenvalue weighted by molar-refractivity contribution is 0.229. The summed E-state index contributed by atoms with van der Waals surface area (Å²) in [5, 5.41) is 0. The summed E-state index contributed by atoms with van der Waals surface area (Å²) in [6, 6.07) is 10.5. The molecule has 0 heterocycles. The van der Waals surface area contributed by atoms with Crippen LogP contribution in [0.15, 0.2) is 36.4 Å². The topological polar surface area (TPSA) is 18.5 Å². The quantitative estimate of drug-likeness (QED) is 0.511. The van der Waals surface area contributed by atoms with Gasteiger partial charge in [-0.15, -0.1) is 11.6 Å². The highest BCUT2D eigenvalue weighted by molar-refractivity contribution is 6.17. The van der Waals surface area contributed by atoms with Gasteiger partial charge in [0.25, 0.3) is 0 Å². The van der Waals surface area contributed by atoms with Crippen molar-refractivity contribution >= 4 is 11.6 Å². The Bertz CT molecular complexity index is 698. The predicted octanol–water partition coefficient (Wildman–Crippen LogP) is 6.30. The van der Waals surface area contributed by atoms with Gasteiger partial charge < -0.3 is 9.47 Å². The summed E-state index contributed by atoms with van der Waals surface area (Å²) in [5.41, 5.74) is 2.60. The number of benzene rings is 2. The largest absolute Gasteiger partial charge is 0.489 e. The van der Waals surface area contributed by atoms with Crippen LogP contribution in [0.25, 0.3) is 11.1 Å². The molecule has 0 radical (unpaired) electrons. The Kier molecular flexibility index (Phi) is 7.12. The van der Waals surface area contributed by atoms with Crippen molar-refractivity contribution in [3.8, 4) is 22.6 Å². The van der Waals surface area contributed by atoms with E-state index < -0.39 is 0 Å². The molecule has 0 fully saturated rings. The molecule has 0 amide bonds. The molecule has 0 N–H and O–H groups in total. The number of hydrogen-bond acceptors (Lipinski definition) is 2. The zero-order chi connectivity index (χ0) is 18.4. The van der Waals surface area contributed by atoms with Crippen molar-refractivity contribution in [3.05, 3.63) is 47.8 Å². The molecule has 0 aliphatic heterocycles. The van der Waals surface area contributed by atoms with Crippen molar-refractivity contribution in [1.82, 2.24) is 0 Å². The molecule has 2 aromatic rings. The van der Waals surface area contributed by atoms with Crippen molar-refractivity contribution in [2.45, 2.75) is 33.6 Å². The molecule has 2 nitrogen and oxygen atoms in total. The molecule has 136 valence electrons. The van der Waals surface area contributed by atoms with E-state index in [0.717, 1.165) is 22.4 Å². The smallest absolute Gasteiger partial charge is 0.161 e. The number of alkyl halides is 1. The van der Waals surface area contributed by atoms with Gasteiger partial charge >= 0.3 is 0 Å². The van der Waals surface area contributed by atoms with Crippen molar-refractivity contribution in [3.63, 3.8) is 0 Å². The average molecular weight is 365 g/mol. The fraction of sp³-hybridized carbons (Fsp3) is 0.429. The van der Waals surface area contributed by atoms with Crippen molar-refractivity contribution in [2.24, 2.45) is 11.8 Å². The van der Waals surface area contributed by atoms with Gasteiger partial charge in [0, 0.05) is 5.88 Å². The fourth-order valence-corrected chi connectivity index (χ4v) is 2.60. The third kappa shape index (κ3) is 5.64. The fourth-order valence-electron chi connectivity index (χ4n) is 2.38. The monoisotopic (exact) mass is 364 g/mol. The minimum absolute atomic E-state index is 0.251. The molecule has 0 saturated heterocycles. The molecule has 2 aromatic carbocycles. The van der Waals surface area contributed by atoms with Crippen LogP contribution in [0.3, 0.4) is 0 Å². The summed E-state index contributed by atoms with van der Waals surface area (Å²) >= 11 is 5.99. The minimum Gasteiger partial charge on any atom is -0.489 e. The van der Waals surface area contributed by atoms with Crippen LogP contribution in [-0.2, 0) is 5.88 Å². The molecule has 0 aliphatic carbocycles. The van der Waals surface area contributed by atoms with Crippen LogP contribution in [0.5, 0.6) is 11.5 Å². The second-order valence-corrected chi connectivity index (χ2v) is 7.27. The highest BCUT2D eigenvalue weighted by Crippen LogP contribution is 2.35. The van der Waals surface area contributed by atoms with Gasteiger partial charge in [-0.3, -0.25) is 0 Å². The summed E-state index contributed by atoms with van der Waals surface area (Å²) < 4.78 is 25.3. The molecule has 0 unspecified atom stereocenters. The zero-order valence-corrected chi connectivity index (χ0v) is 16.1. The first kappa shape index (κ1) is 19.6. The van der Waals surface area contributed by atoms with Gasteiger partial charge in [-0.25, -0.2) is 4.39 Å². The van der Waals surface area contributed by atoms with Gasteiger partial charge in [-0.05, 0) is 52.8 Å². The van der Waals surface area contributed by atoms with Crippen molar-refractivity contribution in [2.75, 3.05) is 13.2 Å². The van der Waals surface area contributed by atoms with E-state index in [-0.39, 0.29) is 11.7 Å². The van der Waals surface area contributed by atoms with Crippen molar-refractivity contribution in [1.29, 1.82) is 0 Å². The summed E-state index contributed by atoms with van der Waals surface area (Å²) in [5.74, 6) is 2.24. The Morgan fingerprint density at radius 2 is 1.52 bits per heavy atom. The van der Waals surface area contributed by atoms with Crippen LogP contribution in [0, 0.1) is 17.7 Å². The lowest BCUT2D eigenvalue weighted by atomic mass is 10.00. The third-order valence-electron chi connectivity index (χ3n) is 3.61. The minimum atomic E-state index is -0.285. The van der Waals surface area contributed by atoms with E-state index in [2.05, 4.69) is 27.7 Å². The van der Waals surface area contributed by atoms with E-state index in [1.807, 2.05) is 18.2 Å². The van der Waals surface area contributed by atoms with E-state index in [0.29, 0.717) is 30.8 Å². The zero-order valence-electron chi connectivity index (χ0n) is 15.3. The van der Waals surface area contributed by atoms with E-state index in [9.17, 15) is 4.39 Å². The maximum atomic E-state index is 13.5. The molecule has 0 atom stereocenters. The highest BCUT2D eigenvalue weighted by atomic mass is 35.5. The van der Waals surface area contributed by atoms with Crippen LogP contribution in [-0.4, -0.2) is 13.2 Å². The first-order valence-electron chi connectivity index (χ1n) is 8.65. The Balaban J connectivity index is 2.38. The molecule has 0 bridgehead atoms. The molecule has 0 aromatic heterocycles. The molecule has 25 heavy (non-hydrogen) atoms. The summed E-state index contributed by atoms with van der Waals surface area (Å²) in [7, 11) is 0. The first-order valence-corrected chi connectivity index (χ1v) is 9.18. The maximum Gasteiger partial charge on any atom is 0.161 e. The van der Waals surface area contributed by atoms with Gasteiger partial charge in [-0.1, -0.05) is 39.8 Å². The number of rotatable bonds is 8. The van der Waals surface area contributed by atoms with Crippen LogP contribution in [0.4, 0.5) is 4.39 Å². The average Bonchev–Trinajstić information content (AvgIpc) is 2.58. The molecule has 4 heteroatoms. The summed E-state index contributed by atoms with van der Waals surface area (Å²) in [4.78, 5) is 0. The van der Waals surface area contributed by atoms with Crippen molar-refractivity contribution < 1.29 is 13.9 Å². The van der Waals surface area contributed by atoms with Gasteiger partial charge in [0.2, 0.25) is 0 Å². The van der Waals surface area contributed by atoms with E-state index in [1.54, 1.807) is 6.07 Å².